The van der Waals surface area contributed by atoms with Crippen LogP contribution in [0.25, 0.3) is 0 Å². The molecule has 0 heterocycles. The van der Waals surface area contributed by atoms with Gasteiger partial charge in [0, 0.05) is 13.1 Å². The highest BCUT2D eigenvalue weighted by atomic mass is 35.5. The maximum Gasteiger partial charge on any atom is 0.243 e. The Kier molecular flexibility index (Phi) is 5.72. The molecule has 0 radical (unpaired) electrons. The molecule has 0 bridgehead atoms. The summed E-state index contributed by atoms with van der Waals surface area (Å²) in [7, 11) is -3.85. The zero-order valence-electron chi connectivity index (χ0n) is 9.95. The minimum atomic E-state index is -3.85. The van der Waals surface area contributed by atoms with E-state index in [0.29, 0.717) is 0 Å². The van der Waals surface area contributed by atoms with Gasteiger partial charge in [-0.1, -0.05) is 11.6 Å². The van der Waals surface area contributed by atoms with Crippen molar-refractivity contribution < 1.29 is 18.6 Å². The van der Waals surface area contributed by atoms with Crippen LogP contribution < -0.4 is 0 Å². The first-order valence-corrected chi connectivity index (χ1v) is 7.20. The minimum absolute atomic E-state index is 0.0384. The topological polar surface area (TPSA) is 102 Å². The lowest BCUT2D eigenvalue weighted by atomic mass is 10.2. The first kappa shape index (κ1) is 15.9. The molecule has 0 aliphatic rings. The molecule has 0 saturated heterocycles. The Morgan fingerprint density at radius 2 is 1.84 bits per heavy atom. The lowest BCUT2D eigenvalue weighted by molar-refractivity contribution is 0.217. The van der Waals surface area contributed by atoms with Gasteiger partial charge in [-0.05, 0) is 18.2 Å². The van der Waals surface area contributed by atoms with Crippen LogP contribution in [0.15, 0.2) is 23.1 Å². The van der Waals surface area contributed by atoms with Crippen molar-refractivity contribution in [2.75, 3.05) is 26.3 Å². The van der Waals surface area contributed by atoms with Crippen molar-refractivity contribution in [2.24, 2.45) is 0 Å². The van der Waals surface area contributed by atoms with Crippen molar-refractivity contribution in [3.63, 3.8) is 0 Å². The van der Waals surface area contributed by atoms with Gasteiger partial charge in [-0.25, -0.2) is 8.42 Å². The van der Waals surface area contributed by atoms with Gasteiger partial charge in [0.25, 0.3) is 0 Å². The number of nitriles is 1. The molecule has 0 saturated carbocycles. The fourth-order valence-electron chi connectivity index (χ4n) is 1.47. The molecular formula is C11H13ClN2O4S. The molecule has 0 aliphatic carbocycles. The van der Waals surface area contributed by atoms with E-state index in [0.717, 1.165) is 4.31 Å². The van der Waals surface area contributed by atoms with E-state index < -0.39 is 10.0 Å². The summed E-state index contributed by atoms with van der Waals surface area (Å²) >= 11 is 5.79. The van der Waals surface area contributed by atoms with Gasteiger partial charge in [0.15, 0.2) is 0 Å². The van der Waals surface area contributed by atoms with Crippen LogP contribution in [0, 0.1) is 11.3 Å². The lowest BCUT2D eigenvalue weighted by Gasteiger charge is -2.20. The maximum absolute atomic E-state index is 12.2. The highest BCUT2D eigenvalue weighted by Crippen LogP contribution is 2.22. The number of sulfonamides is 1. The third kappa shape index (κ3) is 3.65. The number of aliphatic hydroxyl groups excluding tert-OH is 2. The first-order valence-electron chi connectivity index (χ1n) is 5.39. The third-order valence-corrected chi connectivity index (χ3v) is 4.60. The molecule has 8 heteroatoms. The molecular weight excluding hydrogens is 292 g/mol. The predicted octanol–water partition coefficient (Wildman–Crippen LogP) is 0.187. The Hall–Kier alpha value is -1.17. The van der Waals surface area contributed by atoms with Crippen molar-refractivity contribution in [1.82, 2.24) is 4.31 Å². The minimum Gasteiger partial charge on any atom is -0.395 e. The van der Waals surface area contributed by atoms with Crippen LogP contribution in [0.4, 0.5) is 0 Å². The van der Waals surface area contributed by atoms with Crippen molar-refractivity contribution in [1.29, 1.82) is 5.26 Å². The summed E-state index contributed by atoms with van der Waals surface area (Å²) < 4.78 is 25.4. The Balaban J connectivity index is 3.18. The second kappa shape index (κ2) is 6.84. The maximum atomic E-state index is 12.2. The van der Waals surface area contributed by atoms with Gasteiger partial charge >= 0.3 is 0 Å². The molecule has 0 unspecified atom stereocenters. The number of hydrogen-bond donors (Lipinski definition) is 2. The number of nitrogens with zero attached hydrogens (tertiary/aromatic N) is 2. The summed E-state index contributed by atoms with van der Waals surface area (Å²) in [6.45, 7) is -0.965. The summed E-state index contributed by atoms with van der Waals surface area (Å²) in [5.41, 5.74) is 0.177. The normalized spacial score (nSPS) is 11.5. The van der Waals surface area contributed by atoms with E-state index in [-0.39, 0.29) is 41.8 Å². The van der Waals surface area contributed by atoms with Gasteiger partial charge in [0.05, 0.1) is 28.7 Å². The Bertz CT molecular complexity index is 577. The van der Waals surface area contributed by atoms with E-state index >= 15 is 0 Å². The van der Waals surface area contributed by atoms with Gasteiger partial charge in [0.2, 0.25) is 10.0 Å². The molecule has 1 aromatic rings. The number of hydrogen-bond acceptors (Lipinski definition) is 5. The lowest BCUT2D eigenvalue weighted by Crippen LogP contribution is -2.35. The average Bonchev–Trinajstić information content (AvgIpc) is 2.38. The van der Waals surface area contributed by atoms with E-state index in [9.17, 15) is 8.42 Å². The Morgan fingerprint density at radius 3 is 2.26 bits per heavy atom. The molecule has 1 aromatic carbocycles. The molecule has 19 heavy (non-hydrogen) atoms. The van der Waals surface area contributed by atoms with Crippen LogP contribution in [0.5, 0.6) is 0 Å². The third-order valence-electron chi connectivity index (χ3n) is 2.40. The summed E-state index contributed by atoms with van der Waals surface area (Å²) in [4.78, 5) is -0.0848. The predicted molar refractivity (Wildman–Crippen MR) is 69.1 cm³/mol. The summed E-state index contributed by atoms with van der Waals surface area (Å²) in [5, 5.41) is 26.5. The van der Waals surface area contributed by atoms with Gasteiger partial charge in [-0.15, -0.1) is 0 Å². The number of aliphatic hydroxyl groups is 2. The molecule has 0 amide bonds. The molecule has 0 fully saturated rings. The van der Waals surface area contributed by atoms with Gasteiger partial charge in [-0.2, -0.15) is 9.57 Å². The van der Waals surface area contributed by atoms with Crippen molar-refractivity contribution in [3.8, 4) is 6.07 Å². The van der Waals surface area contributed by atoms with Crippen LogP contribution >= 0.6 is 11.6 Å². The smallest absolute Gasteiger partial charge is 0.243 e. The molecule has 2 N–H and O–H groups in total. The second-order valence-electron chi connectivity index (χ2n) is 3.60. The fourth-order valence-corrected chi connectivity index (χ4v) is 3.21. The standard InChI is InChI=1S/C11H13ClN2O4S/c12-11-7-10(2-1-9(11)8-13)19(17,18)14(3-5-15)4-6-16/h1-2,7,15-16H,3-6H2. The SMILES string of the molecule is N#Cc1ccc(S(=O)(=O)N(CCO)CCO)cc1Cl. The van der Waals surface area contributed by atoms with Crippen LogP contribution in [-0.2, 0) is 10.0 Å². The number of benzene rings is 1. The van der Waals surface area contributed by atoms with Gasteiger partial charge < -0.3 is 10.2 Å². The Morgan fingerprint density at radius 1 is 1.26 bits per heavy atom. The van der Waals surface area contributed by atoms with Gasteiger partial charge in [0.1, 0.15) is 6.07 Å². The molecule has 0 atom stereocenters. The zero-order chi connectivity index (χ0) is 14.5. The zero-order valence-corrected chi connectivity index (χ0v) is 11.5. The van der Waals surface area contributed by atoms with E-state index in [4.69, 9.17) is 27.1 Å². The van der Waals surface area contributed by atoms with E-state index in [2.05, 4.69) is 0 Å². The summed E-state index contributed by atoms with van der Waals surface area (Å²) in [6.07, 6.45) is 0. The monoisotopic (exact) mass is 304 g/mol. The van der Waals surface area contributed by atoms with E-state index in [1.165, 1.54) is 18.2 Å². The molecule has 0 spiro atoms. The van der Waals surface area contributed by atoms with Crippen LogP contribution in [0.2, 0.25) is 5.02 Å². The van der Waals surface area contributed by atoms with Gasteiger partial charge in [-0.3, -0.25) is 0 Å². The highest BCUT2D eigenvalue weighted by molar-refractivity contribution is 7.89. The quantitative estimate of drug-likeness (QED) is 0.781. The van der Waals surface area contributed by atoms with Crippen LogP contribution in [0.3, 0.4) is 0 Å². The highest BCUT2D eigenvalue weighted by Gasteiger charge is 2.24. The molecule has 104 valence electrons. The average molecular weight is 305 g/mol. The molecule has 6 nitrogen and oxygen atoms in total. The van der Waals surface area contributed by atoms with Crippen molar-refractivity contribution in [3.05, 3.63) is 28.8 Å². The van der Waals surface area contributed by atoms with Crippen molar-refractivity contribution in [2.45, 2.75) is 4.90 Å². The first-order chi connectivity index (χ1) is 8.97. The second-order valence-corrected chi connectivity index (χ2v) is 5.95. The Labute approximate surface area is 116 Å². The van der Waals surface area contributed by atoms with E-state index in [1.807, 2.05) is 6.07 Å². The number of rotatable bonds is 6. The van der Waals surface area contributed by atoms with Crippen LogP contribution in [0.1, 0.15) is 5.56 Å². The molecule has 1 rings (SSSR count). The largest absolute Gasteiger partial charge is 0.395 e. The number of halogens is 1. The summed E-state index contributed by atoms with van der Waals surface area (Å²) in [5.74, 6) is 0. The van der Waals surface area contributed by atoms with E-state index in [1.54, 1.807) is 0 Å². The molecule has 0 aromatic heterocycles. The van der Waals surface area contributed by atoms with Crippen LogP contribution in [-0.4, -0.2) is 49.2 Å². The van der Waals surface area contributed by atoms with Crippen molar-refractivity contribution >= 4 is 21.6 Å². The molecule has 0 aliphatic heterocycles. The fraction of sp³-hybridized carbons (Fsp3) is 0.364. The summed E-state index contributed by atoms with van der Waals surface area (Å²) in [6, 6.07) is 5.59.